The number of anilines is 1. The summed E-state index contributed by atoms with van der Waals surface area (Å²) in [4.78, 5) is 117. The average Bonchev–Trinajstić information content (AvgIpc) is 3.77. The molecule has 19 nitrogen and oxygen atoms in total. The van der Waals surface area contributed by atoms with Gasteiger partial charge in [0.25, 0.3) is 5.91 Å². The van der Waals surface area contributed by atoms with Gasteiger partial charge < -0.3 is 55.5 Å². The highest BCUT2D eigenvalue weighted by atomic mass is 16.6. The van der Waals surface area contributed by atoms with Gasteiger partial charge in [-0.2, -0.15) is 0 Å². The molecule has 0 radical (unpaired) electrons. The summed E-state index contributed by atoms with van der Waals surface area (Å²) in [6.45, 7) is 25.0. The molecule has 0 saturated carbocycles. The normalized spacial score (nSPS) is 22.9. The lowest BCUT2D eigenvalue weighted by atomic mass is 9.96. The zero-order chi connectivity index (χ0) is 53.5. The monoisotopic (exact) mass is 1000 g/mol. The second kappa shape index (κ2) is 23.5. The molecule has 396 valence electrons. The zero-order valence-electron chi connectivity index (χ0n) is 44.5. The number of ether oxygens (including phenoxy) is 3. The fraction of sp³-hybridized carbons (Fsp3) is 0.623. The second-order valence-corrected chi connectivity index (χ2v) is 22.4. The van der Waals surface area contributed by atoms with Crippen LogP contribution in [-0.4, -0.2) is 143 Å². The van der Waals surface area contributed by atoms with Crippen LogP contribution in [0.2, 0.25) is 0 Å². The van der Waals surface area contributed by atoms with Gasteiger partial charge in [0.05, 0.1) is 18.1 Å². The number of nitrogens with zero attached hydrogens (tertiary/aromatic N) is 3. The molecule has 5 N–H and O–H groups in total. The van der Waals surface area contributed by atoms with Crippen LogP contribution in [0, 0.1) is 5.92 Å². The van der Waals surface area contributed by atoms with Crippen LogP contribution in [0.1, 0.15) is 132 Å². The lowest BCUT2D eigenvalue weighted by molar-refractivity contribution is -0.156. The Morgan fingerprint density at radius 3 is 1.89 bits per heavy atom. The van der Waals surface area contributed by atoms with Crippen LogP contribution in [0.3, 0.4) is 0 Å². The predicted octanol–water partition coefficient (Wildman–Crippen LogP) is 4.59. The average molecular weight is 1000 g/mol. The molecule has 2 fully saturated rings. The lowest BCUT2D eigenvalue weighted by Gasteiger charge is -2.36. The van der Waals surface area contributed by atoms with Gasteiger partial charge in [0.1, 0.15) is 41.4 Å². The van der Waals surface area contributed by atoms with Crippen LogP contribution < -0.4 is 31.5 Å². The van der Waals surface area contributed by atoms with Crippen LogP contribution in [-0.2, 0) is 49.5 Å². The molecule has 2 aromatic rings. The van der Waals surface area contributed by atoms with Gasteiger partial charge in [-0.15, -0.1) is 0 Å². The van der Waals surface area contributed by atoms with E-state index in [9.17, 15) is 38.4 Å². The molecule has 2 saturated heterocycles. The quantitative estimate of drug-likeness (QED) is 0.229. The molecule has 2 aromatic carbocycles. The summed E-state index contributed by atoms with van der Waals surface area (Å²) in [5, 5.41) is 13.9. The van der Waals surface area contributed by atoms with Gasteiger partial charge in [0.2, 0.25) is 29.5 Å². The first-order chi connectivity index (χ1) is 33.5. The molecule has 2 bridgehead atoms. The third-order valence-electron chi connectivity index (χ3n) is 12.2. The summed E-state index contributed by atoms with van der Waals surface area (Å²) in [6, 6.07) is 6.69. The largest absolute Gasteiger partial charge is 0.460 e. The van der Waals surface area contributed by atoms with E-state index in [2.05, 4.69) is 31.5 Å². The summed E-state index contributed by atoms with van der Waals surface area (Å²) < 4.78 is 17.2. The van der Waals surface area contributed by atoms with E-state index in [1.165, 1.54) is 11.8 Å². The number of carbonyl (C=O) groups is 8. The Morgan fingerprint density at radius 2 is 1.29 bits per heavy atom. The van der Waals surface area contributed by atoms with E-state index in [4.69, 9.17) is 14.2 Å². The van der Waals surface area contributed by atoms with Gasteiger partial charge in [0, 0.05) is 50.5 Å². The number of hydrogen-bond acceptors (Lipinski definition) is 12. The molecule has 7 amide bonds. The van der Waals surface area contributed by atoms with Crippen LogP contribution in [0.15, 0.2) is 42.5 Å². The van der Waals surface area contributed by atoms with Crippen molar-refractivity contribution >= 4 is 53.2 Å². The lowest BCUT2D eigenvalue weighted by Crippen LogP contribution is -2.62. The summed E-state index contributed by atoms with van der Waals surface area (Å²) in [5.74, 6) is -4.93. The van der Waals surface area contributed by atoms with Gasteiger partial charge in [0.15, 0.2) is 0 Å². The van der Waals surface area contributed by atoms with E-state index in [-0.39, 0.29) is 37.1 Å². The number of benzene rings is 2. The molecule has 5 rings (SSSR count). The van der Waals surface area contributed by atoms with E-state index >= 15 is 0 Å². The van der Waals surface area contributed by atoms with Crippen molar-refractivity contribution < 1.29 is 52.6 Å². The predicted molar refractivity (Wildman–Crippen MR) is 271 cm³/mol. The molecule has 0 unspecified atom stereocenters. The maximum Gasteiger partial charge on any atom is 0.410 e. The van der Waals surface area contributed by atoms with Crippen molar-refractivity contribution in [2.24, 2.45) is 5.92 Å². The summed E-state index contributed by atoms with van der Waals surface area (Å²) >= 11 is 0. The molecule has 0 aliphatic carbocycles. The number of hydrogen-bond donors (Lipinski definition) is 5. The highest BCUT2D eigenvalue weighted by Gasteiger charge is 2.40. The van der Waals surface area contributed by atoms with Gasteiger partial charge in [-0.25, -0.2) is 4.79 Å². The SMILES string of the molecule is CC(C)C[C@@H]1NC(=O)c2ccc(-c3ccc(N4CCN(C(=O)OC(C)(C)C)CC4)cc3)c(c2)CNC(=O)[C@@H]2CCCN2C(=O)[C@H](C)NC(=O)[C@H]([C@@H](C)OC(C)(C)C)NC(=O)[C@H](CC(=O)OC(C)(C)C)NC1=O. The fourth-order valence-electron chi connectivity index (χ4n) is 8.96. The zero-order valence-corrected chi connectivity index (χ0v) is 44.5. The Labute approximate surface area is 424 Å². The highest BCUT2D eigenvalue weighted by Crippen LogP contribution is 2.29. The van der Waals surface area contributed by atoms with Gasteiger partial charge in [-0.3, -0.25) is 33.6 Å². The molecule has 3 aliphatic rings. The molecular formula is C53H78N8O11. The van der Waals surface area contributed by atoms with Gasteiger partial charge in [-0.05, 0) is 142 Å². The van der Waals surface area contributed by atoms with E-state index < -0.39 is 101 Å². The number of amides is 7. The third-order valence-corrected chi connectivity index (χ3v) is 12.2. The Kier molecular flexibility index (Phi) is 18.5. The molecule has 3 aliphatic heterocycles. The third kappa shape index (κ3) is 16.1. The molecule has 0 spiro atoms. The van der Waals surface area contributed by atoms with Crippen molar-refractivity contribution in [3.63, 3.8) is 0 Å². The maximum atomic E-state index is 14.4. The molecule has 0 aromatic heterocycles. The van der Waals surface area contributed by atoms with Crippen LogP contribution in [0.4, 0.5) is 10.5 Å². The van der Waals surface area contributed by atoms with Crippen molar-refractivity contribution in [1.82, 2.24) is 36.4 Å². The van der Waals surface area contributed by atoms with Gasteiger partial charge >= 0.3 is 12.1 Å². The van der Waals surface area contributed by atoms with Crippen LogP contribution >= 0.6 is 0 Å². The first-order valence-corrected chi connectivity index (χ1v) is 25.1. The standard InChI is InChI=1S/C53H78N8O11/c1-31(2)27-39-45(64)57-40(29-42(62)71-52(8,9)10)46(65)58-43(33(4)70-51(5,6)7)48(67)55-32(3)49(68)61-22-14-15-41(61)47(66)54-30-36-28-35(44(63)56-39)18-21-38(36)34-16-19-37(20-17-34)59-23-25-60(26-24-59)50(69)72-53(11,12)13/h16-21,28,31-33,39-41,43H,14-15,22-27,29-30H2,1-13H3,(H,54,66)(H,55,67)(H,56,63)(H,57,64)(H,58,65)/t32-,33+,39-,40-,41-,43-/m0/s1. The van der Waals surface area contributed by atoms with E-state index in [1.54, 1.807) is 71.6 Å². The van der Waals surface area contributed by atoms with Gasteiger partial charge in [-0.1, -0.05) is 32.0 Å². The first-order valence-electron chi connectivity index (χ1n) is 25.1. The highest BCUT2D eigenvalue weighted by molar-refractivity contribution is 6.00. The van der Waals surface area contributed by atoms with Crippen molar-refractivity contribution in [2.45, 2.75) is 175 Å². The summed E-state index contributed by atoms with van der Waals surface area (Å²) in [6.07, 6.45) is -0.906. The Bertz CT molecular complexity index is 2310. The second-order valence-electron chi connectivity index (χ2n) is 22.4. The summed E-state index contributed by atoms with van der Waals surface area (Å²) in [7, 11) is 0. The minimum absolute atomic E-state index is 0.0299. The minimum Gasteiger partial charge on any atom is -0.460 e. The molecule has 3 heterocycles. The Morgan fingerprint density at radius 1 is 0.681 bits per heavy atom. The molecule has 6 atom stereocenters. The number of rotatable bonds is 8. The van der Waals surface area contributed by atoms with E-state index in [1.807, 2.05) is 58.9 Å². The van der Waals surface area contributed by atoms with E-state index in [0.29, 0.717) is 50.1 Å². The number of esters is 1. The maximum absolute atomic E-state index is 14.4. The first kappa shape index (κ1) is 56.7. The molecule has 19 heteroatoms. The fourth-order valence-corrected chi connectivity index (χ4v) is 8.96. The Balaban J connectivity index is 1.51. The van der Waals surface area contributed by atoms with Crippen molar-refractivity contribution in [3.8, 4) is 11.1 Å². The topological polar surface area (TPSA) is 234 Å². The number of carbonyl (C=O) groups excluding carboxylic acids is 8. The van der Waals surface area contributed by atoms with Crippen LogP contribution in [0.5, 0.6) is 0 Å². The number of piperazine rings is 1. The van der Waals surface area contributed by atoms with Crippen molar-refractivity contribution in [3.05, 3.63) is 53.6 Å². The summed E-state index contributed by atoms with van der Waals surface area (Å²) in [5.41, 5.74) is 0.900. The van der Waals surface area contributed by atoms with E-state index in [0.717, 1.165) is 11.3 Å². The smallest absolute Gasteiger partial charge is 0.410 e. The number of nitrogens with one attached hydrogen (secondary N) is 5. The Hall–Kier alpha value is -6.24. The van der Waals surface area contributed by atoms with Crippen LogP contribution in [0.25, 0.3) is 11.1 Å². The minimum atomic E-state index is -1.58. The van der Waals surface area contributed by atoms with Crippen molar-refractivity contribution in [2.75, 3.05) is 37.6 Å². The molecular weight excluding hydrogens is 925 g/mol. The van der Waals surface area contributed by atoms with Crippen molar-refractivity contribution in [1.29, 1.82) is 0 Å². The molecule has 72 heavy (non-hydrogen) atoms. The number of fused-ring (bicyclic) bond motifs is 3.